The van der Waals surface area contributed by atoms with E-state index in [2.05, 4.69) is 21.7 Å². The zero-order chi connectivity index (χ0) is 14.7. The second-order valence-electron chi connectivity index (χ2n) is 6.54. The van der Waals surface area contributed by atoms with Gasteiger partial charge in [-0.1, -0.05) is 18.9 Å². The molecule has 0 saturated heterocycles. The molecule has 0 unspecified atom stereocenters. The molecular weight excluding hydrogens is 262 g/mol. The Bertz CT molecular complexity index is 505. The highest BCUT2D eigenvalue weighted by Crippen LogP contribution is 2.32. The summed E-state index contributed by atoms with van der Waals surface area (Å²) in [5.74, 6) is 0.932. The van der Waals surface area contributed by atoms with Crippen molar-refractivity contribution in [1.82, 2.24) is 15.6 Å². The first kappa shape index (κ1) is 14.5. The zero-order valence-electron chi connectivity index (χ0n) is 12.8. The number of aryl methyl sites for hydroxylation is 1. The van der Waals surface area contributed by atoms with Gasteiger partial charge in [-0.05, 0) is 50.2 Å². The molecule has 114 valence electrons. The molecule has 2 fully saturated rings. The smallest absolute Gasteiger partial charge is 0.240 e. The molecule has 21 heavy (non-hydrogen) atoms. The summed E-state index contributed by atoms with van der Waals surface area (Å²) in [6.45, 7) is 3.59. The van der Waals surface area contributed by atoms with Crippen LogP contribution in [-0.2, 0) is 11.3 Å². The SMILES string of the molecule is Cc1ncccc1CNC1(C(=O)NCC2CC2)CCCC1. The lowest BCUT2D eigenvalue weighted by molar-refractivity contribution is -0.127. The average molecular weight is 287 g/mol. The summed E-state index contributed by atoms with van der Waals surface area (Å²) >= 11 is 0. The van der Waals surface area contributed by atoms with Gasteiger partial charge in [-0.3, -0.25) is 15.1 Å². The van der Waals surface area contributed by atoms with E-state index in [1.54, 1.807) is 0 Å². The largest absolute Gasteiger partial charge is 0.354 e. The van der Waals surface area contributed by atoms with Crippen molar-refractivity contribution in [3.8, 4) is 0 Å². The van der Waals surface area contributed by atoms with Gasteiger partial charge < -0.3 is 5.32 Å². The highest BCUT2D eigenvalue weighted by molar-refractivity contribution is 5.86. The minimum Gasteiger partial charge on any atom is -0.354 e. The van der Waals surface area contributed by atoms with Crippen LogP contribution in [0.25, 0.3) is 0 Å². The molecule has 0 aliphatic heterocycles. The van der Waals surface area contributed by atoms with Crippen LogP contribution in [0.15, 0.2) is 18.3 Å². The summed E-state index contributed by atoms with van der Waals surface area (Å²) in [5, 5.41) is 6.71. The Morgan fingerprint density at radius 3 is 2.81 bits per heavy atom. The normalized spacial score (nSPS) is 20.4. The Kier molecular flexibility index (Phi) is 4.24. The van der Waals surface area contributed by atoms with E-state index in [4.69, 9.17) is 0 Å². The number of nitrogens with zero attached hydrogens (tertiary/aromatic N) is 1. The first-order chi connectivity index (χ1) is 10.2. The van der Waals surface area contributed by atoms with Crippen LogP contribution in [0.2, 0.25) is 0 Å². The van der Waals surface area contributed by atoms with Crippen LogP contribution in [0.1, 0.15) is 49.8 Å². The molecule has 2 aliphatic carbocycles. The minimum atomic E-state index is -0.364. The third-order valence-electron chi connectivity index (χ3n) is 4.87. The predicted octanol–water partition coefficient (Wildman–Crippen LogP) is 2.32. The van der Waals surface area contributed by atoms with Gasteiger partial charge in [0.2, 0.25) is 5.91 Å². The van der Waals surface area contributed by atoms with Crippen LogP contribution in [0.5, 0.6) is 0 Å². The second-order valence-corrected chi connectivity index (χ2v) is 6.54. The Labute approximate surface area is 126 Å². The van der Waals surface area contributed by atoms with Gasteiger partial charge in [-0.2, -0.15) is 0 Å². The van der Waals surface area contributed by atoms with Crippen molar-refractivity contribution in [3.63, 3.8) is 0 Å². The topological polar surface area (TPSA) is 54.0 Å². The molecule has 1 amide bonds. The molecule has 1 aromatic heterocycles. The maximum atomic E-state index is 12.6. The third kappa shape index (κ3) is 3.43. The number of aromatic nitrogens is 1. The van der Waals surface area contributed by atoms with Crippen LogP contribution in [0.3, 0.4) is 0 Å². The van der Waals surface area contributed by atoms with Crippen molar-refractivity contribution in [2.24, 2.45) is 5.92 Å². The van der Waals surface area contributed by atoms with E-state index in [0.717, 1.165) is 50.4 Å². The van der Waals surface area contributed by atoms with Crippen molar-refractivity contribution in [3.05, 3.63) is 29.6 Å². The van der Waals surface area contributed by atoms with E-state index in [-0.39, 0.29) is 11.4 Å². The van der Waals surface area contributed by atoms with Gasteiger partial charge in [0.1, 0.15) is 0 Å². The van der Waals surface area contributed by atoms with Crippen LogP contribution in [0, 0.1) is 12.8 Å². The predicted molar refractivity (Wildman–Crippen MR) is 82.7 cm³/mol. The maximum Gasteiger partial charge on any atom is 0.240 e. The van der Waals surface area contributed by atoms with E-state index in [9.17, 15) is 4.79 Å². The molecule has 3 rings (SSSR count). The van der Waals surface area contributed by atoms with Gasteiger partial charge in [-0.15, -0.1) is 0 Å². The van der Waals surface area contributed by atoms with E-state index in [1.165, 1.54) is 18.4 Å². The molecule has 4 heteroatoms. The van der Waals surface area contributed by atoms with Gasteiger partial charge in [0.25, 0.3) is 0 Å². The molecule has 2 saturated carbocycles. The standard InChI is InChI=1S/C17H25N3O/c1-13-15(5-4-10-18-13)12-20-17(8-2-3-9-17)16(21)19-11-14-6-7-14/h4-5,10,14,20H,2-3,6-9,11-12H2,1H3,(H,19,21). The molecule has 2 N–H and O–H groups in total. The highest BCUT2D eigenvalue weighted by Gasteiger charge is 2.41. The fraction of sp³-hybridized carbons (Fsp3) is 0.647. The molecule has 2 aliphatic rings. The zero-order valence-corrected chi connectivity index (χ0v) is 12.8. The molecule has 4 nitrogen and oxygen atoms in total. The van der Waals surface area contributed by atoms with Crippen molar-refractivity contribution < 1.29 is 4.79 Å². The molecule has 0 spiro atoms. The van der Waals surface area contributed by atoms with E-state index >= 15 is 0 Å². The lowest BCUT2D eigenvalue weighted by Crippen LogP contribution is -2.55. The molecule has 1 aromatic rings. The number of hydrogen-bond acceptors (Lipinski definition) is 3. The molecule has 1 heterocycles. The lowest BCUT2D eigenvalue weighted by Gasteiger charge is -2.29. The molecule has 0 atom stereocenters. The maximum absolute atomic E-state index is 12.6. The third-order valence-corrected chi connectivity index (χ3v) is 4.87. The average Bonchev–Trinajstić information content (AvgIpc) is 3.20. The number of pyridine rings is 1. The lowest BCUT2D eigenvalue weighted by atomic mass is 9.95. The van der Waals surface area contributed by atoms with Crippen molar-refractivity contribution in [1.29, 1.82) is 0 Å². The number of rotatable bonds is 6. The Balaban J connectivity index is 1.63. The Morgan fingerprint density at radius 1 is 1.38 bits per heavy atom. The number of carbonyl (C=O) groups excluding carboxylic acids is 1. The summed E-state index contributed by atoms with van der Waals surface area (Å²) < 4.78 is 0. The fourth-order valence-electron chi connectivity index (χ4n) is 3.16. The van der Waals surface area contributed by atoms with Gasteiger partial charge >= 0.3 is 0 Å². The summed E-state index contributed by atoms with van der Waals surface area (Å²) in [6, 6.07) is 4.04. The molecular formula is C17H25N3O. The van der Waals surface area contributed by atoms with Crippen molar-refractivity contribution in [2.45, 2.75) is 57.5 Å². The summed E-state index contributed by atoms with van der Waals surface area (Å²) in [5.41, 5.74) is 1.85. The van der Waals surface area contributed by atoms with Gasteiger partial charge in [0.05, 0.1) is 5.54 Å². The minimum absolute atomic E-state index is 0.202. The van der Waals surface area contributed by atoms with E-state index in [0.29, 0.717) is 0 Å². The molecule has 0 radical (unpaired) electrons. The quantitative estimate of drug-likeness (QED) is 0.844. The number of amides is 1. The molecule has 0 bridgehead atoms. The van der Waals surface area contributed by atoms with Crippen LogP contribution in [0.4, 0.5) is 0 Å². The fourth-order valence-corrected chi connectivity index (χ4v) is 3.16. The number of carbonyl (C=O) groups is 1. The highest BCUT2D eigenvalue weighted by atomic mass is 16.2. The van der Waals surface area contributed by atoms with Gasteiger partial charge in [0, 0.05) is 25.0 Å². The summed E-state index contributed by atoms with van der Waals surface area (Å²) in [7, 11) is 0. The summed E-state index contributed by atoms with van der Waals surface area (Å²) in [6.07, 6.45) is 8.52. The van der Waals surface area contributed by atoms with Crippen molar-refractivity contribution >= 4 is 5.91 Å². The van der Waals surface area contributed by atoms with E-state index < -0.39 is 0 Å². The second kappa shape index (κ2) is 6.14. The Morgan fingerprint density at radius 2 is 2.14 bits per heavy atom. The van der Waals surface area contributed by atoms with Crippen LogP contribution < -0.4 is 10.6 Å². The summed E-state index contributed by atoms with van der Waals surface area (Å²) in [4.78, 5) is 16.9. The monoisotopic (exact) mass is 287 g/mol. The van der Waals surface area contributed by atoms with E-state index in [1.807, 2.05) is 19.2 Å². The first-order valence-electron chi connectivity index (χ1n) is 8.13. The number of hydrogen-bond donors (Lipinski definition) is 2. The Hall–Kier alpha value is -1.42. The number of nitrogens with one attached hydrogen (secondary N) is 2. The molecule has 0 aromatic carbocycles. The van der Waals surface area contributed by atoms with Crippen LogP contribution in [-0.4, -0.2) is 23.0 Å². The first-order valence-corrected chi connectivity index (χ1v) is 8.13. The van der Waals surface area contributed by atoms with Crippen molar-refractivity contribution in [2.75, 3.05) is 6.54 Å². The van der Waals surface area contributed by atoms with Gasteiger partial charge in [-0.25, -0.2) is 0 Å². The van der Waals surface area contributed by atoms with Gasteiger partial charge in [0.15, 0.2) is 0 Å². The van der Waals surface area contributed by atoms with Crippen LogP contribution >= 0.6 is 0 Å².